The fraction of sp³-hybridized carbons (Fsp3) is 0.667. The monoisotopic (exact) mass is 243 g/mol. The van der Waals surface area contributed by atoms with E-state index in [0.717, 1.165) is 13.0 Å². The SMILES string of the molecule is COCCOCCCNCC(O)c1ccco1. The molecule has 0 aliphatic carbocycles. The Balaban J connectivity index is 1.90. The highest BCUT2D eigenvalue weighted by atomic mass is 16.5. The number of aliphatic hydroxyl groups is 1. The Morgan fingerprint density at radius 3 is 3.00 bits per heavy atom. The van der Waals surface area contributed by atoms with Crippen molar-refractivity contribution in [2.75, 3.05) is 40.0 Å². The van der Waals surface area contributed by atoms with Crippen LogP contribution in [0.5, 0.6) is 0 Å². The Morgan fingerprint density at radius 1 is 1.41 bits per heavy atom. The van der Waals surface area contributed by atoms with Gasteiger partial charge in [-0.3, -0.25) is 0 Å². The lowest BCUT2D eigenvalue weighted by Gasteiger charge is -2.09. The molecule has 2 N–H and O–H groups in total. The van der Waals surface area contributed by atoms with Gasteiger partial charge in [-0.2, -0.15) is 0 Å². The number of furan rings is 1. The van der Waals surface area contributed by atoms with Crippen LogP contribution in [0.25, 0.3) is 0 Å². The predicted octanol–water partition coefficient (Wildman–Crippen LogP) is 0.956. The summed E-state index contributed by atoms with van der Waals surface area (Å²) in [5.41, 5.74) is 0. The zero-order valence-corrected chi connectivity index (χ0v) is 10.2. The maximum Gasteiger partial charge on any atom is 0.133 e. The third-order valence-corrected chi connectivity index (χ3v) is 2.28. The summed E-state index contributed by atoms with van der Waals surface area (Å²) in [6.07, 6.45) is 1.89. The molecule has 98 valence electrons. The lowest BCUT2D eigenvalue weighted by atomic mass is 10.2. The van der Waals surface area contributed by atoms with E-state index in [-0.39, 0.29) is 0 Å². The summed E-state index contributed by atoms with van der Waals surface area (Å²) in [7, 11) is 1.65. The normalized spacial score (nSPS) is 12.8. The quantitative estimate of drug-likeness (QED) is 0.599. The molecular formula is C12H21NO4. The first-order chi connectivity index (χ1) is 8.34. The number of ether oxygens (including phenoxy) is 2. The average Bonchev–Trinajstić information content (AvgIpc) is 2.86. The van der Waals surface area contributed by atoms with Crippen LogP contribution in [-0.2, 0) is 9.47 Å². The predicted molar refractivity (Wildman–Crippen MR) is 63.8 cm³/mol. The Hall–Kier alpha value is -0.880. The molecule has 0 fully saturated rings. The van der Waals surface area contributed by atoms with Crippen LogP contribution >= 0.6 is 0 Å². The summed E-state index contributed by atoms with van der Waals surface area (Å²) in [4.78, 5) is 0. The summed E-state index contributed by atoms with van der Waals surface area (Å²) >= 11 is 0. The van der Waals surface area contributed by atoms with Crippen molar-refractivity contribution < 1.29 is 19.0 Å². The van der Waals surface area contributed by atoms with Gasteiger partial charge in [0.1, 0.15) is 11.9 Å². The van der Waals surface area contributed by atoms with Gasteiger partial charge in [0.05, 0.1) is 19.5 Å². The molecule has 1 rings (SSSR count). The molecule has 5 nitrogen and oxygen atoms in total. The Labute approximate surface area is 102 Å². The number of hydrogen-bond donors (Lipinski definition) is 2. The van der Waals surface area contributed by atoms with Gasteiger partial charge in [-0.25, -0.2) is 0 Å². The molecule has 0 bridgehead atoms. The van der Waals surface area contributed by atoms with Crippen molar-refractivity contribution in [2.24, 2.45) is 0 Å². The molecule has 0 aliphatic heterocycles. The van der Waals surface area contributed by atoms with Crippen molar-refractivity contribution in [3.05, 3.63) is 24.2 Å². The molecule has 5 heteroatoms. The molecule has 1 atom stereocenters. The van der Waals surface area contributed by atoms with Gasteiger partial charge in [0.25, 0.3) is 0 Å². The van der Waals surface area contributed by atoms with Crippen molar-refractivity contribution in [3.63, 3.8) is 0 Å². The van der Waals surface area contributed by atoms with E-state index < -0.39 is 6.10 Å². The van der Waals surface area contributed by atoms with Gasteiger partial charge in [0.15, 0.2) is 0 Å². The standard InChI is InChI=1S/C12H21NO4/c1-15-8-9-16-6-3-5-13-10-11(14)12-4-2-7-17-12/h2,4,7,11,13-14H,3,5-6,8-10H2,1H3. The lowest BCUT2D eigenvalue weighted by Crippen LogP contribution is -2.23. The minimum Gasteiger partial charge on any atom is -0.467 e. The van der Waals surface area contributed by atoms with Crippen LogP contribution in [0.1, 0.15) is 18.3 Å². The Morgan fingerprint density at radius 2 is 2.29 bits per heavy atom. The zero-order chi connectivity index (χ0) is 12.3. The second-order valence-electron chi connectivity index (χ2n) is 3.69. The van der Waals surface area contributed by atoms with E-state index in [9.17, 15) is 5.11 Å². The third-order valence-electron chi connectivity index (χ3n) is 2.28. The van der Waals surface area contributed by atoms with Crippen molar-refractivity contribution in [1.29, 1.82) is 0 Å². The molecule has 0 saturated heterocycles. The first kappa shape index (κ1) is 14.2. The van der Waals surface area contributed by atoms with Crippen molar-refractivity contribution in [3.8, 4) is 0 Å². The molecule has 0 spiro atoms. The highest BCUT2D eigenvalue weighted by molar-refractivity contribution is 5.01. The first-order valence-corrected chi connectivity index (χ1v) is 5.83. The molecule has 1 aromatic rings. The van der Waals surface area contributed by atoms with Gasteiger partial charge in [-0.05, 0) is 25.1 Å². The number of nitrogens with one attached hydrogen (secondary N) is 1. The Bertz CT molecular complexity index is 263. The van der Waals surface area contributed by atoms with Gasteiger partial charge < -0.3 is 24.3 Å². The van der Waals surface area contributed by atoms with E-state index in [1.807, 2.05) is 0 Å². The maximum atomic E-state index is 9.68. The zero-order valence-electron chi connectivity index (χ0n) is 10.2. The third kappa shape index (κ3) is 6.43. The molecule has 0 aromatic carbocycles. The largest absolute Gasteiger partial charge is 0.467 e. The van der Waals surface area contributed by atoms with Crippen LogP contribution in [0.2, 0.25) is 0 Å². The van der Waals surface area contributed by atoms with Crippen LogP contribution in [0.3, 0.4) is 0 Å². The fourth-order valence-electron chi connectivity index (χ4n) is 1.36. The summed E-state index contributed by atoms with van der Waals surface area (Å²) in [5, 5.41) is 12.8. The smallest absolute Gasteiger partial charge is 0.133 e. The molecule has 17 heavy (non-hydrogen) atoms. The molecule has 1 aromatic heterocycles. The number of methoxy groups -OCH3 is 1. The topological polar surface area (TPSA) is 63.9 Å². The molecule has 1 unspecified atom stereocenters. The first-order valence-electron chi connectivity index (χ1n) is 5.83. The van der Waals surface area contributed by atoms with Gasteiger partial charge in [-0.1, -0.05) is 0 Å². The van der Waals surface area contributed by atoms with Gasteiger partial charge in [-0.15, -0.1) is 0 Å². The Kier molecular flexibility index (Phi) is 7.66. The van der Waals surface area contributed by atoms with Crippen LogP contribution in [0.15, 0.2) is 22.8 Å². The van der Waals surface area contributed by atoms with E-state index >= 15 is 0 Å². The second kappa shape index (κ2) is 9.18. The van der Waals surface area contributed by atoms with Gasteiger partial charge in [0, 0.05) is 20.3 Å². The van der Waals surface area contributed by atoms with Crippen LogP contribution < -0.4 is 5.32 Å². The molecule has 0 radical (unpaired) electrons. The van der Waals surface area contributed by atoms with E-state index in [0.29, 0.717) is 32.1 Å². The van der Waals surface area contributed by atoms with Gasteiger partial charge in [0.2, 0.25) is 0 Å². The summed E-state index contributed by atoms with van der Waals surface area (Å²) in [6, 6.07) is 3.53. The van der Waals surface area contributed by atoms with E-state index in [4.69, 9.17) is 13.9 Å². The highest BCUT2D eigenvalue weighted by Gasteiger charge is 2.08. The average molecular weight is 243 g/mol. The number of rotatable bonds is 10. The molecule has 0 amide bonds. The van der Waals surface area contributed by atoms with E-state index in [1.165, 1.54) is 0 Å². The minimum absolute atomic E-state index is 0.492. The van der Waals surface area contributed by atoms with Crippen molar-refractivity contribution >= 4 is 0 Å². The van der Waals surface area contributed by atoms with Crippen LogP contribution in [0.4, 0.5) is 0 Å². The minimum atomic E-state index is -0.584. The van der Waals surface area contributed by atoms with Gasteiger partial charge >= 0.3 is 0 Å². The number of aliphatic hydroxyl groups excluding tert-OH is 1. The van der Waals surface area contributed by atoms with Crippen LogP contribution in [-0.4, -0.2) is 45.1 Å². The molecular weight excluding hydrogens is 222 g/mol. The molecule has 1 heterocycles. The lowest BCUT2D eigenvalue weighted by molar-refractivity contribution is 0.0689. The highest BCUT2D eigenvalue weighted by Crippen LogP contribution is 2.11. The number of hydrogen-bond acceptors (Lipinski definition) is 5. The summed E-state index contributed by atoms with van der Waals surface area (Å²) < 4.78 is 15.3. The molecule has 0 aliphatic rings. The fourth-order valence-corrected chi connectivity index (χ4v) is 1.36. The second-order valence-corrected chi connectivity index (χ2v) is 3.69. The van der Waals surface area contributed by atoms with Crippen molar-refractivity contribution in [1.82, 2.24) is 5.32 Å². The maximum absolute atomic E-state index is 9.68. The van der Waals surface area contributed by atoms with E-state index in [1.54, 1.807) is 25.5 Å². The molecule has 0 saturated carbocycles. The van der Waals surface area contributed by atoms with Crippen LogP contribution in [0, 0.1) is 0 Å². The van der Waals surface area contributed by atoms with E-state index in [2.05, 4.69) is 5.32 Å². The van der Waals surface area contributed by atoms with Crippen molar-refractivity contribution in [2.45, 2.75) is 12.5 Å². The summed E-state index contributed by atoms with van der Waals surface area (Å²) in [5.74, 6) is 0.592. The summed E-state index contributed by atoms with van der Waals surface area (Å²) in [6.45, 7) is 3.26.